The van der Waals surface area contributed by atoms with Crippen LogP contribution in [0.4, 0.5) is 0 Å². The van der Waals surface area contributed by atoms with Crippen LogP contribution >= 0.6 is 12.4 Å². The number of piperidine rings is 1. The van der Waals surface area contributed by atoms with Gasteiger partial charge in [-0.25, -0.2) is 0 Å². The quantitative estimate of drug-likeness (QED) is 0.704. The highest BCUT2D eigenvalue weighted by atomic mass is 35.5. The minimum absolute atomic E-state index is 0. The molecule has 0 aromatic heterocycles. The van der Waals surface area contributed by atoms with Crippen LogP contribution in [0.25, 0.3) is 0 Å². The van der Waals surface area contributed by atoms with Crippen LogP contribution < -0.4 is 5.73 Å². The Balaban J connectivity index is 0.00000112. The first-order chi connectivity index (χ1) is 6.77. The summed E-state index contributed by atoms with van der Waals surface area (Å²) in [5.74, 6) is 0.391. The molecule has 0 bridgehead atoms. The van der Waals surface area contributed by atoms with Crippen LogP contribution in [0.3, 0.4) is 0 Å². The Morgan fingerprint density at radius 3 is 2.60 bits per heavy atom. The van der Waals surface area contributed by atoms with Crippen LogP contribution in [-0.2, 0) is 9.53 Å². The zero-order chi connectivity index (χ0) is 9.97. The van der Waals surface area contributed by atoms with Gasteiger partial charge in [0.1, 0.15) is 5.78 Å². The van der Waals surface area contributed by atoms with E-state index in [1.165, 1.54) is 0 Å². The Morgan fingerprint density at radius 1 is 1.33 bits per heavy atom. The fourth-order valence-electron chi connectivity index (χ4n) is 2.31. The molecule has 2 heterocycles. The molecule has 15 heavy (non-hydrogen) atoms. The van der Waals surface area contributed by atoms with E-state index < -0.39 is 0 Å². The number of Topliss-reactive ketones (excluding diaryl/α,β-unsaturated/α-hetero) is 1. The largest absolute Gasteiger partial charge is 0.380 e. The van der Waals surface area contributed by atoms with Gasteiger partial charge in [-0.1, -0.05) is 0 Å². The van der Waals surface area contributed by atoms with E-state index in [4.69, 9.17) is 10.5 Å². The molecule has 2 aliphatic rings. The summed E-state index contributed by atoms with van der Waals surface area (Å²) in [6.45, 7) is 3.24. The van der Waals surface area contributed by atoms with Crippen molar-refractivity contribution in [2.75, 3.05) is 26.3 Å². The Hall–Kier alpha value is -0.160. The maximum absolute atomic E-state index is 11.1. The minimum Gasteiger partial charge on any atom is -0.380 e. The number of nitrogens with two attached hydrogens (primary N) is 1. The molecule has 0 spiro atoms. The molecule has 2 rings (SSSR count). The highest BCUT2D eigenvalue weighted by Crippen LogP contribution is 2.17. The van der Waals surface area contributed by atoms with Gasteiger partial charge in [0.2, 0.25) is 0 Å². The molecule has 0 aliphatic carbocycles. The molecule has 0 unspecified atom stereocenters. The van der Waals surface area contributed by atoms with Crippen LogP contribution in [0, 0.1) is 0 Å². The van der Waals surface area contributed by atoms with Crippen molar-refractivity contribution >= 4 is 18.2 Å². The zero-order valence-corrected chi connectivity index (χ0v) is 9.67. The Bertz CT molecular complexity index is 215. The van der Waals surface area contributed by atoms with Crippen molar-refractivity contribution in [3.8, 4) is 0 Å². The summed E-state index contributed by atoms with van der Waals surface area (Å²) in [6, 6.07) is 0.550. The van der Waals surface area contributed by atoms with Crippen LogP contribution in [0.15, 0.2) is 0 Å². The number of halogens is 1. The summed E-state index contributed by atoms with van der Waals surface area (Å²) >= 11 is 0. The number of carbonyl (C=O) groups is 1. The number of hydrogen-bond acceptors (Lipinski definition) is 4. The molecule has 88 valence electrons. The van der Waals surface area contributed by atoms with Gasteiger partial charge in [0.25, 0.3) is 0 Å². The second-order valence-electron chi connectivity index (χ2n) is 4.17. The molecule has 0 amide bonds. The van der Waals surface area contributed by atoms with Gasteiger partial charge in [-0.3, -0.25) is 9.69 Å². The predicted octanol–water partition coefficient (Wildman–Crippen LogP) is 0.189. The zero-order valence-electron chi connectivity index (χ0n) is 8.85. The summed E-state index contributed by atoms with van der Waals surface area (Å²) in [6.07, 6.45) is 2.41. The summed E-state index contributed by atoms with van der Waals surface area (Å²) < 4.78 is 5.31. The lowest BCUT2D eigenvalue weighted by Gasteiger charge is -2.39. The molecule has 2 atom stereocenters. The average molecular weight is 235 g/mol. The molecule has 0 radical (unpaired) electrons. The first-order valence-corrected chi connectivity index (χ1v) is 5.36. The summed E-state index contributed by atoms with van der Waals surface area (Å²) in [5, 5.41) is 0. The first kappa shape index (κ1) is 12.9. The van der Waals surface area contributed by atoms with Gasteiger partial charge in [-0.05, 0) is 6.42 Å². The predicted molar refractivity (Wildman–Crippen MR) is 60.3 cm³/mol. The van der Waals surface area contributed by atoms with Crippen molar-refractivity contribution in [2.24, 2.45) is 5.73 Å². The second kappa shape index (κ2) is 5.80. The lowest BCUT2D eigenvalue weighted by molar-refractivity contribution is -0.122. The van der Waals surface area contributed by atoms with Gasteiger partial charge in [0.05, 0.1) is 6.61 Å². The van der Waals surface area contributed by atoms with Gasteiger partial charge >= 0.3 is 0 Å². The van der Waals surface area contributed by atoms with E-state index in [0.717, 1.165) is 26.1 Å². The number of ether oxygens (including phenoxy) is 1. The third kappa shape index (κ3) is 3.14. The second-order valence-corrected chi connectivity index (χ2v) is 4.17. The molecule has 0 aromatic carbocycles. The maximum atomic E-state index is 11.1. The van der Waals surface area contributed by atoms with Gasteiger partial charge in [0, 0.05) is 44.6 Å². The highest BCUT2D eigenvalue weighted by Gasteiger charge is 2.30. The molecule has 4 nitrogen and oxygen atoms in total. The molecule has 2 saturated heterocycles. The number of hydrogen-bond donors (Lipinski definition) is 1. The molecular weight excluding hydrogens is 216 g/mol. The van der Waals surface area contributed by atoms with Crippen molar-refractivity contribution in [2.45, 2.75) is 31.3 Å². The average Bonchev–Trinajstić information content (AvgIpc) is 2.20. The number of carbonyl (C=O) groups excluding carboxylic acids is 1. The van der Waals surface area contributed by atoms with Crippen LogP contribution in [0.1, 0.15) is 19.3 Å². The molecule has 0 saturated carbocycles. The van der Waals surface area contributed by atoms with E-state index in [2.05, 4.69) is 4.90 Å². The fourth-order valence-corrected chi connectivity index (χ4v) is 2.31. The molecule has 2 fully saturated rings. The van der Waals surface area contributed by atoms with Crippen molar-refractivity contribution in [1.82, 2.24) is 4.90 Å². The lowest BCUT2D eigenvalue weighted by atomic mass is 9.99. The van der Waals surface area contributed by atoms with Gasteiger partial charge in [-0.2, -0.15) is 0 Å². The van der Waals surface area contributed by atoms with Crippen LogP contribution in [0.2, 0.25) is 0 Å². The standard InChI is InChI=1S/C10H18N2O2.ClH/c11-9-7-14-6-3-10(9)12-4-1-8(13)2-5-12;/h9-10H,1-7,11H2;1H/t9-,10-;/m1./s1. The van der Waals surface area contributed by atoms with E-state index in [-0.39, 0.29) is 18.4 Å². The topological polar surface area (TPSA) is 55.6 Å². The summed E-state index contributed by atoms with van der Waals surface area (Å²) in [4.78, 5) is 13.4. The van der Waals surface area contributed by atoms with Gasteiger partial charge < -0.3 is 10.5 Å². The van der Waals surface area contributed by atoms with Crippen LogP contribution in [0.5, 0.6) is 0 Å². The molecular formula is C10H19ClN2O2. The number of ketones is 1. The van der Waals surface area contributed by atoms with Crippen molar-refractivity contribution in [1.29, 1.82) is 0 Å². The Morgan fingerprint density at radius 2 is 2.00 bits per heavy atom. The minimum atomic E-state index is 0. The summed E-state index contributed by atoms with van der Waals surface area (Å²) in [5.41, 5.74) is 5.99. The van der Waals surface area contributed by atoms with Crippen molar-refractivity contribution < 1.29 is 9.53 Å². The van der Waals surface area contributed by atoms with Gasteiger partial charge in [-0.15, -0.1) is 12.4 Å². The third-order valence-electron chi connectivity index (χ3n) is 3.19. The molecule has 2 aliphatic heterocycles. The monoisotopic (exact) mass is 234 g/mol. The highest BCUT2D eigenvalue weighted by molar-refractivity contribution is 5.85. The smallest absolute Gasteiger partial charge is 0.135 e. The van der Waals surface area contributed by atoms with E-state index in [9.17, 15) is 4.79 Å². The SMILES string of the molecule is Cl.N[C@@H]1COCC[C@H]1N1CCC(=O)CC1. The van der Waals surface area contributed by atoms with E-state index >= 15 is 0 Å². The Kier molecular flexibility index (Phi) is 4.99. The van der Waals surface area contributed by atoms with E-state index in [1.807, 2.05) is 0 Å². The van der Waals surface area contributed by atoms with Crippen molar-refractivity contribution in [3.63, 3.8) is 0 Å². The number of nitrogens with zero attached hydrogens (tertiary/aromatic N) is 1. The Labute approximate surface area is 96.5 Å². The van der Waals surface area contributed by atoms with Gasteiger partial charge in [0.15, 0.2) is 0 Å². The maximum Gasteiger partial charge on any atom is 0.135 e. The van der Waals surface area contributed by atoms with E-state index in [0.29, 0.717) is 31.3 Å². The van der Waals surface area contributed by atoms with E-state index in [1.54, 1.807) is 0 Å². The molecule has 2 N–H and O–H groups in total. The van der Waals surface area contributed by atoms with Crippen molar-refractivity contribution in [3.05, 3.63) is 0 Å². The number of rotatable bonds is 1. The molecule has 5 heteroatoms. The lowest BCUT2D eigenvalue weighted by Crippen LogP contribution is -2.55. The first-order valence-electron chi connectivity index (χ1n) is 5.36. The number of likely N-dealkylation sites (tertiary alicyclic amines) is 1. The van der Waals surface area contributed by atoms with Crippen LogP contribution in [-0.4, -0.2) is 49.1 Å². The summed E-state index contributed by atoms with van der Waals surface area (Å²) in [7, 11) is 0. The molecule has 0 aromatic rings. The third-order valence-corrected chi connectivity index (χ3v) is 3.19. The fraction of sp³-hybridized carbons (Fsp3) is 0.900. The normalized spacial score (nSPS) is 33.5.